The van der Waals surface area contributed by atoms with Crippen LogP contribution in [-0.4, -0.2) is 28.8 Å². The molecule has 0 N–H and O–H groups in total. The van der Waals surface area contributed by atoms with Crippen molar-refractivity contribution in [3.63, 3.8) is 0 Å². The maximum Gasteiger partial charge on any atom is 0.293 e. The smallest absolute Gasteiger partial charge is 0.268 e. The van der Waals surface area contributed by atoms with Gasteiger partial charge in [-0.15, -0.1) is 11.8 Å². The largest absolute Gasteiger partial charge is 0.293 e. The molecule has 1 aromatic carbocycles. The van der Waals surface area contributed by atoms with E-state index in [9.17, 15) is 9.59 Å². The molecule has 1 aliphatic rings. The maximum atomic E-state index is 12.0. The molecule has 0 unspecified atom stereocenters. The maximum absolute atomic E-state index is 12.0. The number of benzene rings is 1. The molecule has 100 valence electrons. The van der Waals surface area contributed by atoms with E-state index in [-0.39, 0.29) is 11.1 Å². The van der Waals surface area contributed by atoms with E-state index in [0.29, 0.717) is 11.4 Å². The number of rotatable bonds is 4. The zero-order valence-corrected chi connectivity index (χ0v) is 12.5. The van der Waals surface area contributed by atoms with Crippen LogP contribution < -0.4 is 0 Å². The minimum Gasteiger partial charge on any atom is -0.268 e. The van der Waals surface area contributed by atoms with Gasteiger partial charge in [-0.2, -0.15) is 0 Å². The summed E-state index contributed by atoms with van der Waals surface area (Å²) in [6, 6.07) is 7.93. The molecular formula is C14H15NO2S2. The van der Waals surface area contributed by atoms with Gasteiger partial charge in [0.2, 0.25) is 0 Å². The van der Waals surface area contributed by atoms with Crippen LogP contribution >= 0.6 is 23.5 Å². The summed E-state index contributed by atoms with van der Waals surface area (Å²) in [5.41, 5.74) is 0.944. The molecular weight excluding hydrogens is 278 g/mol. The van der Waals surface area contributed by atoms with E-state index in [0.717, 1.165) is 23.7 Å². The highest BCUT2D eigenvalue weighted by atomic mass is 32.2. The summed E-state index contributed by atoms with van der Waals surface area (Å²) in [6.45, 7) is 2.45. The molecule has 1 aliphatic heterocycles. The summed E-state index contributed by atoms with van der Waals surface area (Å²) < 4.78 is 0. The molecule has 2 amide bonds. The summed E-state index contributed by atoms with van der Waals surface area (Å²) in [4.78, 5) is 26.7. The van der Waals surface area contributed by atoms with Crippen LogP contribution in [0.4, 0.5) is 4.79 Å². The second kappa shape index (κ2) is 6.30. The van der Waals surface area contributed by atoms with E-state index in [1.54, 1.807) is 17.8 Å². The van der Waals surface area contributed by atoms with Crippen LogP contribution in [0.3, 0.4) is 0 Å². The van der Waals surface area contributed by atoms with Gasteiger partial charge in [0.05, 0.1) is 4.91 Å². The zero-order valence-electron chi connectivity index (χ0n) is 10.9. The molecule has 1 fully saturated rings. The molecule has 2 rings (SSSR count). The number of thioether (sulfide) groups is 2. The van der Waals surface area contributed by atoms with Gasteiger partial charge in [-0.1, -0.05) is 19.1 Å². The topological polar surface area (TPSA) is 37.4 Å². The summed E-state index contributed by atoms with van der Waals surface area (Å²) >= 11 is 2.69. The van der Waals surface area contributed by atoms with Crippen molar-refractivity contribution in [2.75, 3.05) is 12.8 Å². The van der Waals surface area contributed by atoms with Crippen LogP contribution in [0.5, 0.6) is 0 Å². The Bertz CT molecular complexity index is 523. The highest BCUT2D eigenvalue weighted by Gasteiger charge is 2.34. The van der Waals surface area contributed by atoms with Crippen molar-refractivity contribution in [2.24, 2.45) is 0 Å². The van der Waals surface area contributed by atoms with E-state index in [1.165, 1.54) is 9.80 Å². The van der Waals surface area contributed by atoms with Gasteiger partial charge in [0.25, 0.3) is 11.1 Å². The molecule has 1 aromatic rings. The Balaban J connectivity index is 2.19. The van der Waals surface area contributed by atoms with E-state index in [2.05, 4.69) is 0 Å². The minimum atomic E-state index is -0.175. The lowest BCUT2D eigenvalue weighted by Gasteiger charge is -2.09. The van der Waals surface area contributed by atoms with Crippen molar-refractivity contribution in [3.8, 4) is 0 Å². The Morgan fingerprint density at radius 1 is 1.26 bits per heavy atom. The van der Waals surface area contributed by atoms with E-state index in [4.69, 9.17) is 0 Å². The van der Waals surface area contributed by atoms with Gasteiger partial charge in [-0.05, 0) is 48.2 Å². The SMILES string of the molecule is CCCN1C(=O)S/C(=C/c2ccc(SC)cc2)C1=O. The van der Waals surface area contributed by atoms with E-state index in [1.807, 2.05) is 37.4 Å². The Kier molecular flexibility index (Phi) is 4.71. The number of nitrogens with zero attached hydrogens (tertiary/aromatic N) is 1. The van der Waals surface area contributed by atoms with Crippen LogP contribution in [0, 0.1) is 0 Å². The van der Waals surface area contributed by atoms with Crippen molar-refractivity contribution in [1.29, 1.82) is 0 Å². The summed E-state index contributed by atoms with van der Waals surface area (Å²) in [5.74, 6) is -0.175. The van der Waals surface area contributed by atoms with Crippen LogP contribution in [-0.2, 0) is 4.79 Å². The Labute approximate surface area is 121 Å². The molecule has 1 heterocycles. The first kappa shape index (κ1) is 14.2. The average molecular weight is 293 g/mol. The summed E-state index contributed by atoms with van der Waals surface area (Å²) in [6.07, 6.45) is 4.59. The van der Waals surface area contributed by atoms with Crippen LogP contribution in [0.15, 0.2) is 34.1 Å². The van der Waals surface area contributed by atoms with Crippen LogP contribution in [0.2, 0.25) is 0 Å². The Morgan fingerprint density at radius 2 is 1.95 bits per heavy atom. The standard InChI is InChI=1S/C14H15NO2S2/c1-3-8-15-13(16)12(19-14(15)17)9-10-4-6-11(18-2)7-5-10/h4-7,9H,3,8H2,1-2H3/b12-9+. The number of carbonyl (C=O) groups is 2. The lowest BCUT2D eigenvalue weighted by Crippen LogP contribution is -2.28. The van der Waals surface area contributed by atoms with Crippen molar-refractivity contribution in [2.45, 2.75) is 18.2 Å². The third-order valence-corrected chi connectivity index (χ3v) is 4.39. The molecule has 1 saturated heterocycles. The second-order valence-electron chi connectivity index (χ2n) is 4.11. The fourth-order valence-electron chi connectivity index (χ4n) is 1.77. The summed E-state index contributed by atoms with van der Waals surface area (Å²) in [5, 5.41) is -0.168. The van der Waals surface area contributed by atoms with Crippen LogP contribution in [0.25, 0.3) is 6.08 Å². The molecule has 0 aliphatic carbocycles. The van der Waals surface area contributed by atoms with Gasteiger partial charge in [-0.3, -0.25) is 14.5 Å². The third-order valence-electron chi connectivity index (χ3n) is 2.73. The lowest BCUT2D eigenvalue weighted by molar-refractivity contribution is -0.122. The monoisotopic (exact) mass is 293 g/mol. The first-order valence-corrected chi connectivity index (χ1v) is 8.09. The van der Waals surface area contributed by atoms with E-state index < -0.39 is 0 Å². The van der Waals surface area contributed by atoms with Crippen LogP contribution in [0.1, 0.15) is 18.9 Å². The van der Waals surface area contributed by atoms with Gasteiger partial charge in [0.1, 0.15) is 0 Å². The predicted octanol–water partition coefficient (Wildman–Crippen LogP) is 3.85. The number of amides is 2. The van der Waals surface area contributed by atoms with Gasteiger partial charge < -0.3 is 0 Å². The number of carbonyl (C=O) groups excluding carboxylic acids is 2. The van der Waals surface area contributed by atoms with Crippen molar-refractivity contribution in [3.05, 3.63) is 34.7 Å². The first-order valence-electron chi connectivity index (χ1n) is 6.05. The molecule has 0 aromatic heterocycles. The number of imide groups is 1. The molecule has 0 spiro atoms. The quantitative estimate of drug-likeness (QED) is 0.624. The molecule has 0 saturated carbocycles. The molecule has 0 radical (unpaired) electrons. The Morgan fingerprint density at radius 3 is 2.53 bits per heavy atom. The van der Waals surface area contributed by atoms with E-state index >= 15 is 0 Å². The van der Waals surface area contributed by atoms with Gasteiger partial charge in [-0.25, -0.2) is 0 Å². The summed E-state index contributed by atoms with van der Waals surface area (Å²) in [7, 11) is 0. The lowest BCUT2D eigenvalue weighted by atomic mass is 10.2. The van der Waals surface area contributed by atoms with Gasteiger partial charge in [0, 0.05) is 11.4 Å². The fourth-order valence-corrected chi connectivity index (χ4v) is 3.04. The van der Waals surface area contributed by atoms with Crippen molar-refractivity contribution in [1.82, 2.24) is 4.90 Å². The minimum absolute atomic E-state index is 0.168. The molecule has 5 heteroatoms. The normalized spacial score (nSPS) is 17.6. The number of hydrogen-bond donors (Lipinski definition) is 0. The molecule has 19 heavy (non-hydrogen) atoms. The third kappa shape index (κ3) is 3.22. The van der Waals surface area contributed by atoms with Crippen molar-refractivity contribution < 1.29 is 9.59 Å². The zero-order chi connectivity index (χ0) is 13.8. The number of hydrogen-bond acceptors (Lipinski definition) is 4. The molecule has 0 bridgehead atoms. The first-order chi connectivity index (χ1) is 9.15. The highest BCUT2D eigenvalue weighted by molar-refractivity contribution is 8.18. The predicted molar refractivity (Wildman–Crippen MR) is 81.2 cm³/mol. The second-order valence-corrected chi connectivity index (χ2v) is 5.98. The Hall–Kier alpha value is -1.20. The van der Waals surface area contributed by atoms with Gasteiger partial charge in [0.15, 0.2) is 0 Å². The molecule has 0 atom stereocenters. The molecule has 3 nitrogen and oxygen atoms in total. The highest BCUT2D eigenvalue weighted by Crippen LogP contribution is 2.32. The average Bonchev–Trinajstić information content (AvgIpc) is 2.68. The van der Waals surface area contributed by atoms with Gasteiger partial charge >= 0.3 is 0 Å². The fraction of sp³-hybridized carbons (Fsp3) is 0.286. The van der Waals surface area contributed by atoms with Crippen molar-refractivity contribution >= 4 is 40.7 Å².